The van der Waals surface area contributed by atoms with Crippen molar-refractivity contribution in [2.24, 2.45) is 4.99 Å². The maximum Gasteiger partial charge on any atom is 0.278 e. The second-order valence-electron chi connectivity index (χ2n) is 7.27. The number of benzene rings is 2. The number of ether oxygens (including phenoxy) is 3. The molecule has 180 valence electrons. The molecular weight excluding hydrogens is 454 g/mol. The summed E-state index contributed by atoms with van der Waals surface area (Å²) in [5.74, 6) is 1.19. The Balaban J connectivity index is 1.68. The van der Waals surface area contributed by atoms with Crippen LogP contribution in [-0.4, -0.2) is 61.6 Å². The van der Waals surface area contributed by atoms with Gasteiger partial charge >= 0.3 is 0 Å². The molecule has 0 saturated heterocycles. The molecule has 0 radical (unpaired) electrons. The number of amidine groups is 1. The van der Waals surface area contributed by atoms with E-state index in [0.717, 1.165) is 11.3 Å². The van der Waals surface area contributed by atoms with Gasteiger partial charge < -0.3 is 19.5 Å². The van der Waals surface area contributed by atoms with Crippen LogP contribution in [0.5, 0.6) is 11.5 Å². The van der Waals surface area contributed by atoms with Crippen LogP contribution in [0.25, 0.3) is 6.08 Å². The zero-order chi connectivity index (χ0) is 24.3. The highest BCUT2D eigenvalue weighted by Crippen LogP contribution is 2.25. The summed E-state index contributed by atoms with van der Waals surface area (Å²) in [5.41, 5.74) is 1.84. The van der Waals surface area contributed by atoms with E-state index in [9.17, 15) is 9.59 Å². The van der Waals surface area contributed by atoms with Crippen LogP contribution < -0.4 is 14.8 Å². The first kappa shape index (κ1) is 25.3. The van der Waals surface area contributed by atoms with Crippen molar-refractivity contribution in [2.45, 2.75) is 13.3 Å². The number of rotatable bonds is 11. The molecule has 1 aliphatic rings. The van der Waals surface area contributed by atoms with Crippen molar-refractivity contribution < 1.29 is 23.8 Å². The molecule has 2 aromatic rings. The zero-order valence-corrected chi connectivity index (χ0v) is 20.4. The van der Waals surface area contributed by atoms with Crippen LogP contribution in [0.15, 0.2) is 59.2 Å². The number of hydrogen-bond donors (Lipinski definition) is 1. The highest BCUT2D eigenvalue weighted by molar-refractivity contribution is 8.14. The molecular formula is C25H29N3O5S. The van der Waals surface area contributed by atoms with Crippen LogP contribution in [0.2, 0.25) is 0 Å². The van der Waals surface area contributed by atoms with Gasteiger partial charge in [0.1, 0.15) is 17.2 Å². The summed E-state index contributed by atoms with van der Waals surface area (Å²) < 4.78 is 15.7. The van der Waals surface area contributed by atoms with Gasteiger partial charge in [0.25, 0.3) is 5.91 Å². The van der Waals surface area contributed by atoms with Gasteiger partial charge in [-0.25, -0.2) is 4.99 Å². The molecule has 3 rings (SSSR count). The molecule has 2 aromatic carbocycles. The number of thioether (sulfide) groups is 1. The van der Waals surface area contributed by atoms with Crippen molar-refractivity contribution in [3.8, 4) is 11.5 Å². The van der Waals surface area contributed by atoms with Crippen LogP contribution in [0.3, 0.4) is 0 Å². The van der Waals surface area contributed by atoms with Crippen molar-refractivity contribution in [1.82, 2.24) is 4.90 Å². The molecule has 8 nitrogen and oxygen atoms in total. The summed E-state index contributed by atoms with van der Waals surface area (Å²) in [6, 6.07) is 14.5. The lowest BCUT2D eigenvalue weighted by molar-refractivity contribution is -0.122. The van der Waals surface area contributed by atoms with E-state index in [4.69, 9.17) is 14.2 Å². The lowest BCUT2D eigenvalue weighted by Crippen LogP contribution is -2.33. The minimum Gasteiger partial charge on any atom is -0.497 e. The molecule has 0 unspecified atom stereocenters. The Labute approximate surface area is 204 Å². The number of hydrogen-bond acceptors (Lipinski definition) is 7. The zero-order valence-electron chi connectivity index (χ0n) is 19.6. The molecule has 2 amide bonds. The molecule has 1 N–H and O–H groups in total. The SMILES string of the molecule is CCOCCCN1C(=O)C(=Cc2ccc(OC)cc2)N=C1SCC(=O)Nc1ccc(OC)cc1. The molecule has 0 spiro atoms. The van der Waals surface area contributed by atoms with Gasteiger partial charge in [-0.1, -0.05) is 23.9 Å². The summed E-state index contributed by atoms with van der Waals surface area (Å²) >= 11 is 1.23. The second-order valence-corrected chi connectivity index (χ2v) is 8.21. The predicted octanol–water partition coefficient (Wildman–Crippen LogP) is 4.04. The molecule has 1 heterocycles. The van der Waals surface area contributed by atoms with Crippen LogP contribution in [-0.2, 0) is 14.3 Å². The molecule has 34 heavy (non-hydrogen) atoms. The minimum absolute atomic E-state index is 0.121. The topological polar surface area (TPSA) is 89.5 Å². The number of methoxy groups -OCH3 is 2. The molecule has 0 aromatic heterocycles. The number of nitrogens with zero attached hydrogens (tertiary/aromatic N) is 2. The quantitative estimate of drug-likeness (QED) is 0.383. The van der Waals surface area contributed by atoms with Gasteiger partial charge in [0.15, 0.2) is 5.17 Å². The maximum atomic E-state index is 13.1. The normalized spacial score (nSPS) is 14.3. The van der Waals surface area contributed by atoms with E-state index in [0.29, 0.717) is 48.5 Å². The second kappa shape index (κ2) is 12.8. The highest BCUT2D eigenvalue weighted by atomic mass is 32.2. The number of carbonyl (C=O) groups is 2. The smallest absolute Gasteiger partial charge is 0.278 e. The van der Waals surface area contributed by atoms with Crippen LogP contribution >= 0.6 is 11.8 Å². The van der Waals surface area contributed by atoms with Crippen LogP contribution in [0.1, 0.15) is 18.9 Å². The van der Waals surface area contributed by atoms with Gasteiger partial charge in [0.05, 0.1) is 20.0 Å². The van der Waals surface area contributed by atoms with Crippen molar-refractivity contribution in [3.63, 3.8) is 0 Å². The number of aliphatic imine (C=N–C) groups is 1. The van der Waals surface area contributed by atoms with E-state index in [1.807, 2.05) is 31.2 Å². The Morgan fingerprint density at radius 1 is 1.06 bits per heavy atom. The fraction of sp³-hybridized carbons (Fsp3) is 0.320. The minimum atomic E-state index is -0.189. The van der Waals surface area contributed by atoms with Crippen LogP contribution in [0, 0.1) is 0 Å². The van der Waals surface area contributed by atoms with Crippen molar-refractivity contribution in [3.05, 3.63) is 59.8 Å². The Kier molecular flexibility index (Phi) is 9.54. The lowest BCUT2D eigenvalue weighted by atomic mass is 10.2. The first-order valence-corrected chi connectivity index (χ1v) is 11.9. The van der Waals surface area contributed by atoms with Gasteiger partial charge in [0.2, 0.25) is 5.91 Å². The molecule has 0 saturated carbocycles. The summed E-state index contributed by atoms with van der Waals surface area (Å²) in [6.07, 6.45) is 2.41. The summed E-state index contributed by atoms with van der Waals surface area (Å²) in [6.45, 7) is 3.57. The fourth-order valence-electron chi connectivity index (χ4n) is 3.17. The molecule has 0 bridgehead atoms. The Hall–Kier alpha value is -3.30. The standard InChI is InChI=1S/C25H29N3O5S/c1-4-33-15-5-14-28-24(30)22(16-18-6-10-20(31-2)11-7-18)27-25(28)34-17-23(29)26-19-8-12-21(32-3)13-9-19/h6-13,16H,4-5,14-15,17H2,1-3H3,(H,26,29). The predicted molar refractivity (Wildman–Crippen MR) is 135 cm³/mol. The highest BCUT2D eigenvalue weighted by Gasteiger charge is 2.30. The monoisotopic (exact) mass is 483 g/mol. The Bertz CT molecular complexity index is 1040. The first-order chi connectivity index (χ1) is 16.5. The molecule has 1 aliphatic heterocycles. The number of nitrogens with one attached hydrogen (secondary N) is 1. The number of anilines is 1. The third-order valence-corrected chi connectivity index (χ3v) is 5.89. The van der Waals surface area contributed by atoms with Crippen LogP contribution in [0.4, 0.5) is 5.69 Å². The van der Waals surface area contributed by atoms with Gasteiger partial charge in [-0.15, -0.1) is 0 Å². The maximum absolute atomic E-state index is 13.1. The lowest BCUT2D eigenvalue weighted by Gasteiger charge is -2.17. The average Bonchev–Trinajstić information content (AvgIpc) is 3.15. The van der Waals surface area contributed by atoms with E-state index >= 15 is 0 Å². The van der Waals surface area contributed by atoms with Crippen molar-refractivity contribution in [1.29, 1.82) is 0 Å². The summed E-state index contributed by atoms with van der Waals surface area (Å²) in [4.78, 5) is 31.7. The van der Waals surface area contributed by atoms with Gasteiger partial charge in [0, 0.05) is 25.4 Å². The van der Waals surface area contributed by atoms with E-state index in [-0.39, 0.29) is 17.6 Å². The third kappa shape index (κ3) is 7.10. The number of amides is 2. The van der Waals surface area contributed by atoms with Crippen molar-refractivity contribution >= 4 is 40.5 Å². The largest absolute Gasteiger partial charge is 0.497 e. The average molecular weight is 484 g/mol. The van der Waals surface area contributed by atoms with E-state index < -0.39 is 0 Å². The van der Waals surface area contributed by atoms with Crippen molar-refractivity contribution in [2.75, 3.05) is 45.0 Å². The summed E-state index contributed by atoms with van der Waals surface area (Å²) in [5, 5.41) is 3.35. The van der Waals surface area contributed by atoms with Gasteiger partial charge in [-0.2, -0.15) is 0 Å². The first-order valence-electron chi connectivity index (χ1n) is 10.9. The van der Waals surface area contributed by atoms with Gasteiger partial charge in [-0.05, 0) is 61.4 Å². The fourth-order valence-corrected chi connectivity index (χ4v) is 3.99. The Morgan fingerprint density at radius 3 is 2.32 bits per heavy atom. The summed E-state index contributed by atoms with van der Waals surface area (Å²) in [7, 11) is 3.19. The van der Waals surface area contributed by atoms with E-state index in [1.54, 1.807) is 49.5 Å². The van der Waals surface area contributed by atoms with E-state index in [1.165, 1.54) is 11.8 Å². The van der Waals surface area contributed by atoms with E-state index in [2.05, 4.69) is 10.3 Å². The Morgan fingerprint density at radius 2 is 1.71 bits per heavy atom. The third-order valence-electron chi connectivity index (χ3n) is 4.91. The molecule has 0 aliphatic carbocycles. The molecule has 9 heteroatoms. The molecule has 0 fully saturated rings. The molecule has 0 atom stereocenters. The number of carbonyl (C=O) groups excluding carboxylic acids is 2. The van der Waals surface area contributed by atoms with Gasteiger partial charge in [-0.3, -0.25) is 14.5 Å².